The molecule has 1 aliphatic heterocycles. The Kier molecular flexibility index (Phi) is 7.25. The van der Waals surface area contributed by atoms with Crippen LogP contribution < -0.4 is 10.9 Å². The zero-order valence-electron chi connectivity index (χ0n) is 19.3. The third-order valence-electron chi connectivity index (χ3n) is 6.14. The van der Waals surface area contributed by atoms with Crippen molar-refractivity contribution < 1.29 is 9.53 Å². The number of rotatable bonds is 8. The third-order valence-corrected chi connectivity index (χ3v) is 7.12. The number of hydrogen-bond donors (Lipinski definition) is 1. The van der Waals surface area contributed by atoms with E-state index in [2.05, 4.69) is 5.32 Å². The first-order valence-electron chi connectivity index (χ1n) is 11.8. The number of fused-ring (bicyclic) bond motifs is 1. The molecule has 1 atom stereocenters. The Morgan fingerprint density at radius 1 is 1.00 bits per heavy atom. The smallest absolute Gasteiger partial charge is 0.262 e. The Bertz CT molecular complexity index is 1310. The SMILES string of the molecule is O=C(CSc1nc2ccccc2c(=O)n1CC1CCCO1)NC(c1ccccc1)c1ccccc1. The number of aromatic nitrogens is 2. The standard InChI is InChI=1S/C28H27N3O3S/c32-25(30-26(20-10-3-1-4-11-20)21-12-5-2-6-13-21)19-35-28-29-24-16-8-7-15-23(24)27(33)31(28)18-22-14-9-17-34-22/h1-8,10-13,15-16,22,26H,9,14,17-19H2,(H,30,32). The molecule has 0 bridgehead atoms. The maximum absolute atomic E-state index is 13.3. The van der Waals surface area contributed by atoms with Gasteiger partial charge in [0, 0.05) is 6.61 Å². The van der Waals surface area contributed by atoms with Gasteiger partial charge in [-0.25, -0.2) is 4.98 Å². The fraction of sp³-hybridized carbons (Fsp3) is 0.250. The van der Waals surface area contributed by atoms with Gasteiger partial charge in [-0.05, 0) is 36.1 Å². The minimum Gasteiger partial charge on any atom is -0.376 e. The normalized spacial score (nSPS) is 15.5. The number of nitrogens with zero attached hydrogens (tertiary/aromatic N) is 2. The van der Waals surface area contributed by atoms with Crippen LogP contribution in [0.25, 0.3) is 10.9 Å². The molecular weight excluding hydrogens is 458 g/mol. The van der Waals surface area contributed by atoms with E-state index in [1.54, 1.807) is 10.6 Å². The molecule has 1 unspecified atom stereocenters. The van der Waals surface area contributed by atoms with Gasteiger partial charge < -0.3 is 10.1 Å². The molecule has 1 saturated heterocycles. The van der Waals surface area contributed by atoms with E-state index < -0.39 is 0 Å². The number of carbonyl (C=O) groups excluding carboxylic acids is 1. The molecule has 1 amide bonds. The minimum absolute atomic E-state index is 0.00983. The van der Waals surface area contributed by atoms with Crippen LogP contribution >= 0.6 is 11.8 Å². The maximum atomic E-state index is 13.3. The summed E-state index contributed by atoms with van der Waals surface area (Å²) in [6, 6.07) is 26.9. The molecule has 0 saturated carbocycles. The molecule has 6 nitrogen and oxygen atoms in total. The largest absolute Gasteiger partial charge is 0.376 e. The summed E-state index contributed by atoms with van der Waals surface area (Å²) in [5.74, 6) is 0.0192. The molecule has 1 N–H and O–H groups in total. The van der Waals surface area contributed by atoms with Crippen molar-refractivity contribution in [3.8, 4) is 0 Å². The van der Waals surface area contributed by atoms with Crippen LogP contribution in [0.1, 0.15) is 30.0 Å². The number of ether oxygens (including phenoxy) is 1. The van der Waals surface area contributed by atoms with Crippen molar-refractivity contribution in [2.45, 2.75) is 36.7 Å². The van der Waals surface area contributed by atoms with Gasteiger partial charge in [0.15, 0.2) is 5.16 Å². The molecule has 1 fully saturated rings. The molecule has 1 aromatic heterocycles. The summed E-state index contributed by atoms with van der Waals surface area (Å²) in [4.78, 5) is 31.1. The van der Waals surface area contributed by atoms with Crippen molar-refractivity contribution in [3.63, 3.8) is 0 Å². The molecule has 7 heteroatoms. The van der Waals surface area contributed by atoms with E-state index in [1.807, 2.05) is 78.9 Å². The van der Waals surface area contributed by atoms with E-state index in [1.165, 1.54) is 11.8 Å². The van der Waals surface area contributed by atoms with Crippen LogP contribution in [0, 0.1) is 0 Å². The Balaban J connectivity index is 1.38. The van der Waals surface area contributed by atoms with Crippen molar-refractivity contribution in [3.05, 3.63) is 106 Å². The lowest BCUT2D eigenvalue weighted by molar-refractivity contribution is -0.119. The zero-order chi connectivity index (χ0) is 24.0. The van der Waals surface area contributed by atoms with Crippen LogP contribution in [-0.4, -0.2) is 33.9 Å². The Morgan fingerprint density at radius 3 is 2.31 bits per heavy atom. The molecule has 0 aliphatic carbocycles. The van der Waals surface area contributed by atoms with E-state index >= 15 is 0 Å². The van der Waals surface area contributed by atoms with Crippen molar-refractivity contribution in [2.24, 2.45) is 0 Å². The molecular formula is C28H27N3O3S. The zero-order valence-corrected chi connectivity index (χ0v) is 20.1. The highest BCUT2D eigenvalue weighted by molar-refractivity contribution is 7.99. The fourth-order valence-electron chi connectivity index (χ4n) is 4.39. The van der Waals surface area contributed by atoms with Gasteiger partial charge in [0.05, 0.1) is 35.3 Å². The van der Waals surface area contributed by atoms with Crippen molar-refractivity contribution in [1.29, 1.82) is 0 Å². The van der Waals surface area contributed by atoms with E-state index in [9.17, 15) is 9.59 Å². The van der Waals surface area contributed by atoms with Gasteiger partial charge in [0.2, 0.25) is 5.91 Å². The van der Waals surface area contributed by atoms with Gasteiger partial charge >= 0.3 is 0 Å². The lowest BCUT2D eigenvalue weighted by Crippen LogP contribution is -2.32. The lowest BCUT2D eigenvalue weighted by atomic mass is 9.99. The first kappa shape index (κ1) is 23.3. The van der Waals surface area contributed by atoms with Gasteiger partial charge in [0.25, 0.3) is 5.56 Å². The highest BCUT2D eigenvalue weighted by atomic mass is 32.2. The molecule has 178 valence electrons. The van der Waals surface area contributed by atoms with Crippen LogP contribution in [0.15, 0.2) is 94.9 Å². The summed E-state index contributed by atoms with van der Waals surface area (Å²) in [5, 5.41) is 4.28. The minimum atomic E-state index is -0.260. The molecule has 0 spiro atoms. The number of amides is 1. The average Bonchev–Trinajstić information content (AvgIpc) is 3.42. The number of thioether (sulfide) groups is 1. The van der Waals surface area contributed by atoms with E-state index in [4.69, 9.17) is 9.72 Å². The number of hydrogen-bond acceptors (Lipinski definition) is 5. The topological polar surface area (TPSA) is 73.2 Å². The predicted octanol–water partition coefficient (Wildman–Crippen LogP) is 4.57. The van der Waals surface area contributed by atoms with E-state index in [0.717, 1.165) is 24.0 Å². The number of para-hydroxylation sites is 1. The van der Waals surface area contributed by atoms with Crippen LogP contribution in [0.5, 0.6) is 0 Å². The van der Waals surface area contributed by atoms with Crippen LogP contribution in [0.4, 0.5) is 0 Å². The second-order valence-corrected chi connectivity index (χ2v) is 9.52. The first-order valence-corrected chi connectivity index (χ1v) is 12.8. The quantitative estimate of drug-likeness (QED) is 0.292. The highest BCUT2D eigenvalue weighted by Crippen LogP contribution is 2.24. The van der Waals surface area contributed by atoms with E-state index in [-0.39, 0.29) is 29.4 Å². The molecule has 4 aromatic rings. The Labute approximate surface area is 208 Å². The summed E-state index contributed by atoms with van der Waals surface area (Å²) < 4.78 is 7.45. The van der Waals surface area contributed by atoms with Crippen molar-refractivity contribution in [2.75, 3.05) is 12.4 Å². The van der Waals surface area contributed by atoms with E-state index in [0.29, 0.717) is 29.2 Å². The lowest BCUT2D eigenvalue weighted by Gasteiger charge is -2.20. The molecule has 35 heavy (non-hydrogen) atoms. The Hall–Kier alpha value is -3.42. The van der Waals surface area contributed by atoms with Gasteiger partial charge in [-0.3, -0.25) is 14.2 Å². The Morgan fingerprint density at radius 2 is 1.66 bits per heavy atom. The number of carbonyl (C=O) groups is 1. The number of nitrogens with one attached hydrogen (secondary N) is 1. The summed E-state index contributed by atoms with van der Waals surface area (Å²) >= 11 is 1.28. The first-order chi connectivity index (χ1) is 17.2. The van der Waals surface area contributed by atoms with Crippen molar-refractivity contribution in [1.82, 2.24) is 14.9 Å². The van der Waals surface area contributed by atoms with Crippen LogP contribution in [-0.2, 0) is 16.1 Å². The van der Waals surface area contributed by atoms with Crippen molar-refractivity contribution >= 4 is 28.6 Å². The monoisotopic (exact) mass is 485 g/mol. The molecule has 5 rings (SSSR count). The molecule has 2 heterocycles. The van der Waals surface area contributed by atoms with Crippen LogP contribution in [0.2, 0.25) is 0 Å². The third kappa shape index (κ3) is 5.47. The van der Waals surface area contributed by atoms with Gasteiger partial charge in [-0.15, -0.1) is 0 Å². The summed E-state index contributed by atoms with van der Waals surface area (Å²) in [6.45, 7) is 1.16. The molecule has 0 radical (unpaired) electrons. The predicted molar refractivity (Wildman–Crippen MR) is 139 cm³/mol. The second kappa shape index (κ2) is 10.9. The fourth-order valence-corrected chi connectivity index (χ4v) is 5.21. The maximum Gasteiger partial charge on any atom is 0.262 e. The molecule has 3 aromatic carbocycles. The second-order valence-electron chi connectivity index (χ2n) is 8.57. The highest BCUT2D eigenvalue weighted by Gasteiger charge is 2.22. The van der Waals surface area contributed by atoms with Gasteiger partial charge in [-0.1, -0.05) is 84.6 Å². The molecule has 1 aliphatic rings. The summed E-state index contributed by atoms with van der Waals surface area (Å²) in [7, 11) is 0. The van der Waals surface area contributed by atoms with Gasteiger partial charge in [-0.2, -0.15) is 0 Å². The average molecular weight is 486 g/mol. The van der Waals surface area contributed by atoms with Crippen LogP contribution in [0.3, 0.4) is 0 Å². The summed E-state index contributed by atoms with van der Waals surface area (Å²) in [5.41, 5.74) is 2.56. The van der Waals surface area contributed by atoms with Gasteiger partial charge in [0.1, 0.15) is 0 Å². The number of benzene rings is 3. The summed E-state index contributed by atoms with van der Waals surface area (Å²) in [6.07, 6.45) is 1.90.